The van der Waals surface area contributed by atoms with Gasteiger partial charge in [0.1, 0.15) is 0 Å². The molecule has 2 aromatic rings. The minimum absolute atomic E-state index is 0.179. The number of hydrogen-bond acceptors (Lipinski definition) is 3. The van der Waals surface area contributed by atoms with Gasteiger partial charge in [-0.15, -0.1) is 0 Å². The quantitative estimate of drug-likeness (QED) is 0.903. The van der Waals surface area contributed by atoms with Crippen molar-refractivity contribution in [1.82, 2.24) is 9.78 Å². The van der Waals surface area contributed by atoms with Crippen LogP contribution in [0.1, 0.15) is 12.0 Å². The molecule has 98 valence electrons. The van der Waals surface area contributed by atoms with Gasteiger partial charge in [0.2, 0.25) is 5.91 Å². The van der Waals surface area contributed by atoms with Crippen molar-refractivity contribution in [3.05, 3.63) is 42.2 Å². The Labute approximate surface area is 111 Å². The standard InChI is InChI=1S/C14H16N4O/c15-12-9-16-17(10-12)7-8-18-13-4-2-1-3-11(13)5-6-14(18)19/h1-4,9-10H,5-8,15H2. The minimum atomic E-state index is 0.179. The number of fused-ring (bicyclic) bond motifs is 1. The number of aromatic nitrogens is 2. The number of nitrogen functional groups attached to an aromatic ring is 1. The SMILES string of the molecule is Nc1cnn(CCN2C(=O)CCc3ccccc32)c1. The van der Waals surface area contributed by atoms with Crippen molar-refractivity contribution in [1.29, 1.82) is 0 Å². The fourth-order valence-corrected chi connectivity index (χ4v) is 2.45. The van der Waals surface area contributed by atoms with Crippen LogP contribution in [0.2, 0.25) is 0 Å². The molecule has 0 saturated heterocycles. The number of carbonyl (C=O) groups excluding carboxylic acids is 1. The third kappa shape index (κ3) is 2.31. The van der Waals surface area contributed by atoms with E-state index in [4.69, 9.17) is 5.73 Å². The molecule has 5 nitrogen and oxygen atoms in total. The first-order chi connectivity index (χ1) is 9.24. The molecule has 0 fully saturated rings. The molecule has 0 bridgehead atoms. The van der Waals surface area contributed by atoms with Crippen LogP contribution in [0, 0.1) is 0 Å². The van der Waals surface area contributed by atoms with Gasteiger partial charge in [-0.3, -0.25) is 9.48 Å². The number of nitrogens with two attached hydrogens (primary N) is 1. The molecule has 2 N–H and O–H groups in total. The molecule has 2 heterocycles. The van der Waals surface area contributed by atoms with E-state index < -0.39 is 0 Å². The fraction of sp³-hybridized carbons (Fsp3) is 0.286. The largest absolute Gasteiger partial charge is 0.396 e. The van der Waals surface area contributed by atoms with E-state index in [1.807, 2.05) is 23.1 Å². The molecule has 0 unspecified atom stereocenters. The number of amides is 1. The Morgan fingerprint density at radius 3 is 2.84 bits per heavy atom. The lowest BCUT2D eigenvalue weighted by Gasteiger charge is -2.29. The summed E-state index contributed by atoms with van der Waals surface area (Å²) in [5, 5.41) is 4.13. The van der Waals surface area contributed by atoms with Crippen molar-refractivity contribution in [3.63, 3.8) is 0 Å². The Kier molecular flexibility index (Phi) is 2.95. The van der Waals surface area contributed by atoms with E-state index in [1.54, 1.807) is 17.1 Å². The van der Waals surface area contributed by atoms with Gasteiger partial charge in [-0.05, 0) is 18.1 Å². The Morgan fingerprint density at radius 1 is 1.21 bits per heavy atom. The summed E-state index contributed by atoms with van der Waals surface area (Å²) in [5.74, 6) is 0.179. The predicted octanol–water partition coefficient (Wildman–Crippen LogP) is 1.44. The maximum atomic E-state index is 12.1. The lowest BCUT2D eigenvalue weighted by Crippen LogP contribution is -2.37. The number of benzene rings is 1. The average molecular weight is 256 g/mol. The highest BCUT2D eigenvalue weighted by molar-refractivity contribution is 5.96. The number of anilines is 2. The smallest absolute Gasteiger partial charge is 0.227 e. The van der Waals surface area contributed by atoms with Gasteiger partial charge < -0.3 is 10.6 Å². The van der Waals surface area contributed by atoms with Gasteiger partial charge in [0.15, 0.2) is 0 Å². The number of hydrogen-bond donors (Lipinski definition) is 1. The number of rotatable bonds is 3. The number of para-hydroxylation sites is 1. The van der Waals surface area contributed by atoms with Crippen LogP contribution in [-0.4, -0.2) is 22.2 Å². The third-order valence-corrected chi connectivity index (χ3v) is 3.40. The van der Waals surface area contributed by atoms with Gasteiger partial charge in [-0.1, -0.05) is 18.2 Å². The first-order valence-electron chi connectivity index (χ1n) is 6.40. The van der Waals surface area contributed by atoms with Crippen molar-refractivity contribution in [3.8, 4) is 0 Å². The minimum Gasteiger partial charge on any atom is -0.396 e. The number of carbonyl (C=O) groups is 1. The summed E-state index contributed by atoms with van der Waals surface area (Å²) < 4.78 is 1.76. The predicted molar refractivity (Wildman–Crippen MR) is 73.8 cm³/mol. The van der Waals surface area contributed by atoms with Crippen molar-refractivity contribution < 1.29 is 4.79 Å². The number of nitrogens with zero attached hydrogens (tertiary/aromatic N) is 3. The van der Waals surface area contributed by atoms with Crippen molar-refractivity contribution >= 4 is 17.3 Å². The Morgan fingerprint density at radius 2 is 2.05 bits per heavy atom. The first-order valence-corrected chi connectivity index (χ1v) is 6.40. The zero-order valence-electron chi connectivity index (χ0n) is 10.6. The molecule has 1 aliphatic rings. The highest BCUT2D eigenvalue weighted by Gasteiger charge is 2.23. The molecule has 0 spiro atoms. The van der Waals surface area contributed by atoms with E-state index >= 15 is 0 Å². The molecule has 3 rings (SSSR count). The molecule has 1 aromatic carbocycles. The monoisotopic (exact) mass is 256 g/mol. The van der Waals surface area contributed by atoms with Crippen molar-refractivity contribution in [2.45, 2.75) is 19.4 Å². The zero-order valence-corrected chi connectivity index (χ0v) is 10.6. The summed E-state index contributed by atoms with van der Waals surface area (Å²) in [6.45, 7) is 1.27. The highest BCUT2D eigenvalue weighted by atomic mass is 16.2. The summed E-state index contributed by atoms with van der Waals surface area (Å²) in [4.78, 5) is 13.9. The second kappa shape index (κ2) is 4.76. The molecule has 1 amide bonds. The Hall–Kier alpha value is -2.30. The van der Waals surface area contributed by atoms with Crippen LogP contribution >= 0.6 is 0 Å². The van der Waals surface area contributed by atoms with Gasteiger partial charge in [0.25, 0.3) is 0 Å². The highest BCUT2D eigenvalue weighted by Crippen LogP contribution is 2.27. The lowest BCUT2D eigenvalue weighted by atomic mass is 10.0. The van der Waals surface area contributed by atoms with E-state index in [0.29, 0.717) is 25.2 Å². The number of aryl methyl sites for hydroxylation is 1. The fourth-order valence-electron chi connectivity index (χ4n) is 2.45. The van der Waals surface area contributed by atoms with Crippen molar-refractivity contribution in [2.75, 3.05) is 17.2 Å². The molecule has 0 aliphatic carbocycles. The van der Waals surface area contributed by atoms with Gasteiger partial charge in [-0.2, -0.15) is 5.10 Å². The van der Waals surface area contributed by atoms with Crippen molar-refractivity contribution in [2.24, 2.45) is 0 Å². The summed E-state index contributed by atoms with van der Waals surface area (Å²) in [6.07, 6.45) is 4.81. The molecule has 19 heavy (non-hydrogen) atoms. The van der Waals surface area contributed by atoms with Gasteiger partial charge in [0.05, 0.1) is 18.4 Å². The molecular weight excluding hydrogens is 240 g/mol. The molecule has 5 heteroatoms. The van der Waals surface area contributed by atoms with Crippen LogP contribution in [0.25, 0.3) is 0 Å². The van der Waals surface area contributed by atoms with Crippen LogP contribution in [0.5, 0.6) is 0 Å². The van der Waals surface area contributed by atoms with Crippen LogP contribution in [0.3, 0.4) is 0 Å². The maximum Gasteiger partial charge on any atom is 0.227 e. The van der Waals surface area contributed by atoms with Gasteiger partial charge in [-0.25, -0.2) is 0 Å². The Balaban J connectivity index is 1.78. The molecule has 0 radical (unpaired) electrons. The second-order valence-electron chi connectivity index (χ2n) is 4.71. The summed E-state index contributed by atoms with van der Waals surface area (Å²) in [7, 11) is 0. The van der Waals surface area contributed by atoms with E-state index in [-0.39, 0.29) is 5.91 Å². The zero-order chi connectivity index (χ0) is 13.2. The molecule has 0 saturated carbocycles. The topological polar surface area (TPSA) is 64.2 Å². The third-order valence-electron chi connectivity index (χ3n) is 3.40. The molecular formula is C14H16N4O. The summed E-state index contributed by atoms with van der Waals surface area (Å²) in [5.41, 5.74) is 8.54. The molecule has 0 atom stereocenters. The normalized spacial score (nSPS) is 14.5. The van der Waals surface area contributed by atoms with E-state index in [0.717, 1.165) is 12.1 Å². The molecule has 1 aromatic heterocycles. The van der Waals surface area contributed by atoms with Crippen LogP contribution < -0.4 is 10.6 Å². The van der Waals surface area contributed by atoms with Crippen LogP contribution in [-0.2, 0) is 17.8 Å². The average Bonchev–Trinajstić information content (AvgIpc) is 2.83. The summed E-state index contributed by atoms with van der Waals surface area (Å²) in [6, 6.07) is 8.07. The Bertz CT molecular complexity index is 605. The second-order valence-corrected chi connectivity index (χ2v) is 4.71. The molecule has 1 aliphatic heterocycles. The first kappa shape index (κ1) is 11.8. The van der Waals surface area contributed by atoms with Gasteiger partial charge >= 0.3 is 0 Å². The summed E-state index contributed by atoms with van der Waals surface area (Å²) >= 11 is 0. The van der Waals surface area contributed by atoms with E-state index in [9.17, 15) is 4.79 Å². The van der Waals surface area contributed by atoms with Gasteiger partial charge in [0, 0.05) is 24.8 Å². The lowest BCUT2D eigenvalue weighted by molar-refractivity contribution is -0.118. The van der Waals surface area contributed by atoms with Crippen LogP contribution in [0.4, 0.5) is 11.4 Å². The van der Waals surface area contributed by atoms with E-state index in [1.165, 1.54) is 5.56 Å². The maximum absolute atomic E-state index is 12.1. The van der Waals surface area contributed by atoms with E-state index in [2.05, 4.69) is 11.2 Å². The van der Waals surface area contributed by atoms with Crippen LogP contribution in [0.15, 0.2) is 36.7 Å².